The molecule has 0 spiro atoms. The molecule has 4 heteroatoms. The largest absolute Gasteiger partial charge is 0.507 e. The van der Waals surface area contributed by atoms with Gasteiger partial charge in [0.1, 0.15) is 5.75 Å². The van der Waals surface area contributed by atoms with E-state index in [4.69, 9.17) is 5.11 Å². The maximum Gasteiger partial charge on any atom is 0.124 e. The number of pyridine rings is 1. The van der Waals surface area contributed by atoms with Gasteiger partial charge in [0.05, 0.1) is 0 Å². The molecule has 0 saturated heterocycles. The summed E-state index contributed by atoms with van der Waals surface area (Å²) in [7, 11) is 1.67. The van der Waals surface area contributed by atoms with Gasteiger partial charge >= 0.3 is 0 Å². The molecular formula is C19H17IrN2O-. The summed E-state index contributed by atoms with van der Waals surface area (Å²) in [4.78, 5) is 8.00. The van der Waals surface area contributed by atoms with Gasteiger partial charge in [-0.25, -0.2) is 0 Å². The number of para-hydroxylation sites is 1. The number of aromatic hydroxyl groups is 1. The quantitative estimate of drug-likeness (QED) is 0.445. The van der Waals surface area contributed by atoms with Crippen molar-refractivity contribution in [2.75, 3.05) is 7.05 Å². The van der Waals surface area contributed by atoms with Crippen LogP contribution in [0.5, 0.6) is 5.75 Å². The van der Waals surface area contributed by atoms with Gasteiger partial charge in [-0.3, -0.25) is 4.99 Å². The normalized spacial score (nSPS) is 9.61. The molecule has 0 bridgehead atoms. The zero-order valence-corrected chi connectivity index (χ0v) is 15.1. The van der Waals surface area contributed by atoms with Crippen LogP contribution in [0.4, 0.5) is 0 Å². The third-order valence-corrected chi connectivity index (χ3v) is 2.85. The number of hydrogen-bond acceptors (Lipinski definition) is 3. The zero-order valence-electron chi connectivity index (χ0n) is 12.7. The number of hydrogen-bond donors (Lipinski definition) is 1. The molecule has 0 amide bonds. The fourth-order valence-electron chi connectivity index (χ4n) is 1.81. The number of aliphatic imine (C=N–C) groups is 1. The van der Waals surface area contributed by atoms with Crippen LogP contribution < -0.4 is 0 Å². The van der Waals surface area contributed by atoms with Crippen LogP contribution in [0.25, 0.3) is 11.3 Å². The fraction of sp³-hybridized carbons (Fsp3) is 0.0526. The maximum atomic E-state index is 9.15. The predicted molar refractivity (Wildman–Crippen MR) is 90.1 cm³/mol. The van der Waals surface area contributed by atoms with E-state index in [2.05, 4.69) is 16.0 Å². The Bertz CT molecular complexity index is 678. The molecule has 3 rings (SSSR count). The molecule has 119 valence electrons. The van der Waals surface area contributed by atoms with Gasteiger partial charge in [-0.1, -0.05) is 24.3 Å². The molecule has 1 aromatic heterocycles. The van der Waals surface area contributed by atoms with Crippen molar-refractivity contribution in [2.24, 2.45) is 4.99 Å². The summed E-state index contributed by atoms with van der Waals surface area (Å²) in [6.07, 6.45) is 3.41. The van der Waals surface area contributed by atoms with Gasteiger partial charge < -0.3 is 10.1 Å². The van der Waals surface area contributed by atoms with Crippen molar-refractivity contribution in [3.8, 4) is 17.0 Å². The summed E-state index contributed by atoms with van der Waals surface area (Å²) in [5.41, 5.74) is 2.77. The Kier molecular flexibility index (Phi) is 8.51. The average molecular weight is 482 g/mol. The van der Waals surface area contributed by atoms with Gasteiger partial charge in [-0.2, -0.15) is 0 Å². The molecule has 0 atom stereocenters. The van der Waals surface area contributed by atoms with E-state index in [1.807, 2.05) is 54.6 Å². The summed E-state index contributed by atoms with van der Waals surface area (Å²) in [6, 6.07) is 23.9. The van der Waals surface area contributed by atoms with E-state index in [0.29, 0.717) is 0 Å². The van der Waals surface area contributed by atoms with E-state index in [0.717, 1.165) is 16.8 Å². The number of phenols is 1. The molecule has 3 nitrogen and oxygen atoms in total. The van der Waals surface area contributed by atoms with E-state index in [1.165, 1.54) is 0 Å². The minimum Gasteiger partial charge on any atom is -0.507 e. The smallest absolute Gasteiger partial charge is 0.124 e. The second-order valence-corrected chi connectivity index (χ2v) is 4.44. The van der Waals surface area contributed by atoms with Gasteiger partial charge in [0.15, 0.2) is 0 Å². The van der Waals surface area contributed by atoms with Gasteiger partial charge in [0.25, 0.3) is 0 Å². The molecule has 0 fully saturated rings. The molecule has 0 unspecified atom stereocenters. The van der Waals surface area contributed by atoms with Crippen molar-refractivity contribution >= 4 is 6.21 Å². The second-order valence-electron chi connectivity index (χ2n) is 4.44. The Hall–Kier alpha value is -2.29. The van der Waals surface area contributed by atoms with E-state index in [-0.39, 0.29) is 25.9 Å². The summed E-state index contributed by atoms with van der Waals surface area (Å²) in [5, 5.41) is 9.15. The Morgan fingerprint density at radius 3 is 2.35 bits per heavy atom. The van der Waals surface area contributed by atoms with Crippen molar-refractivity contribution < 1.29 is 25.2 Å². The van der Waals surface area contributed by atoms with E-state index in [9.17, 15) is 0 Å². The van der Waals surface area contributed by atoms with Crippen LogP contribution in [0.2, 0.25) is 0 Å². The molecule has 1 radical (unpaired) electrons. The van der Waals surface area contributed by atoms with Crippen molar-refractivity contribution in [1.29, 1.82) is 0 Å². The Morgan fingerprint density at radius 2 is 1.74 bits per heavy atom. The van der Waals surface area contributed by atoms with Gasteiger partial charge in [0, 0.05) is 45.1 Å². The number of benzene rings is 2. The molecule has 2 aromatic carbocycles. The molecule has 0 saturated carbocycles. The maximum absolute atomic E-state index is 9.15. The fourth-order valence-corrected chi connectivity index (χ4v) is 1.81. The first-order valence-corrected chi connectivity index (χ1v) is 6.89. The van der Waals surface area contributed by atoms with Gasteiger partial charge in [0.2, 0.25) is 0 Å². The van der Waals surface area contributed by atoms with E-state index in [1.54, 1.807) is 31.6 Å². The van der Waals surface area contributed by atoms with E-state index < -0.39 is 0 Å². The molecule has 1 heterocycles. The number of rotatable bonds is 2. The minimum absolute atomic E-state index is 0. The van der Waals surface area contributed by atoms with Crippen molar-refractivity contribution in [3.63, 3.8) is 0 Å². The Balaban J connectivity index is 0.000000224. The molecule has 0 aliphatic heterocycles. The monoisotopic (exact) mass is 482 g/mol. The minimum atomic E-state index is 0. The molecule has 3 aromatic rings. The molecule has 1 N–H and O–H groups in total. The average Bonchev–Trinajstić information content (AvgIpc) is 2.59. The van der Waals surface area contributed by atoms with Gasteiger partial charge in [-0.15, -0.1) is 35.9 Å². The van der Waals surface area contributed by atoms with Crippen LogP contribution in [-0.4, -0.2) is 23.4 Å². The van der Waals surface area contributed by atoms with Crippen LogP contribution in [0, 0.1) is 6.07 Å². The van der Waals surface area contributed by atoms with Crippen molar-refractivity contribution in [2.45, 2.75) is 0 Å². The van der Waals surface area contributed by atoms with Crippen molar-refractivity contribution in [3.05, 3.63) is 84.6 Å². The number of aromatic nitrogens is 1. The van der Waals surface area contributed by atoms with Crippen LogP contribution in [0.3, 0.4) is 0 Å². The summed E-state index contributed by atoms with van der Waals surface area (Å²) in [6.45, 7) is 0. The summed E-state index contributed by atoms with van der Waals surface area (Å²) < 4.78 is 0. The van der Waals surface area contributed by atoms with Crippen molar-refractivity contribution in [1.82, 2.24) is 4.98 Å². The second kappa shape index (κ2) is 10.4. The first kappa shape index (κ1) is 18.8. The SMILES string of the molecule is CN=Cc1ccccc1O.[Ir].[c-]1ccccc1-c1ccccn1. The first-order valence-electron chi connectivity index (χ1n) is 6.89. The topological polar surface area (TPSA) is 45.5 Å². The molecule has 0 aliphatic rings. The zero-order chi connectivity index (χ0) is 15.6. The first-order chi connectivity index (χ1) is 10.8. The summed E-state index contributed by atoms with van der Waals surface area (Å²) >= 11 is 0. The van der Waals surface area contributed by atoms with Crippen LogP contribution in [0.15, 0.2) is 77.9 Å². The molecule has 0 aliphatic carbocycles. The van der Waals surface area contributed by atoms with E-state index >= 15 is 0 Å². The molecule has 23 heavy (non-hydrogen) atoms. The third kappa shape index (κ3) is 6.15. The number of phenolic OH excluding ortho intramolecular Hbond substituents is 1. The predicted octanol–water partition coefficient (Wildman–Crippen LogP) is 3.99. The van der Waals surface area contributed by atoms with Crippen LogP contribution >= 0.6 is 0 Å². The Labute approximate surface area is 150 Å². The van der Waals surface area contributed by atoms with Crippen LogP contribution in [0.1, 0.15) is 5.56 Å². The standard InChI is InChI=1S/C11H8N.C8H9NO.Ir/c1-2-6-10(7-3-1)11-8-4-5-9-12-11;1-9-6-7-4-2-3-5-8(7)10;/h1-6,8-9H;2-6,10H,1H3;/q-1;;. The third-order valence-electron chi connectivity index (χ3n) is 2.85. The van der Waals surface area contributed by atoms with Crippen LogP contribution in [-0.2, 0) is 20.1 Å². The van der Waals surface area contributed by atoms with Gasteiger partial charge in [-0.05, 0) is 23.9 Å². The number of nitrogens with zero attached hydrogens (tertiary/aromatic N) is 2. The Morgan fingerprint density at radius 1 is 1.00 bits per heavy atom. The summed E-state index contributed by atoms with van der Waals surface area (Å²) in [5.74, 6) is 0.271. The molecular weight excluding hydrogens is 464 g/mol.